The smallest absolute Gasteiger partial charge is 0.317 e. The van der Waals surface area contributed by atoms with Crippen LogP contribution in [0.15, 0.2) is 41.9 Å². The van der Waals surface area contributed by atoms with Gasteiger partial charge in [-0.1, -0.05) is 37.3 Å². The standard InChI is InChI=1S/C19H24N4O3S/c1-2-23(12-16(24)25)15-10-14(11-15)21-19(26)22-17(18-20-8-9-27-18)13-6-4-3-5-7-13/h3-9,14-15,17H,2,10-12H2,1H3,(H,24,25)(H2,21,22,26). The van der Waals surface area contributed by atoms with E-state index < -0.39 is 5.97 Å². The highest BCUT2D eigenvalue weighted by atomic mass is 32.1. The van der Waals surface area contributed by atoms with Crippen molar-refractivity contribution in [3.05, 3.63) is 52.5 Å². The van der Waals surface area contributed by atoms with Gasteiger partial charge in [-0.05, 0) is 24.9 Å². The minimum absolute atomic E-state index is 0.0419. The highest BCUT2D eigenvalue weighted by molar-refractivity contribution is 7.09. The fourth-order valence-corrected chi connectivity index (χ4v) is 4.06. The number of nitrogens with zero attached hydrogens (tertiary/aromatic N) is 2. The van der Waals surface area contributed by atoms with Crippen molar-refractivity contribution in [1.82, 2.24) is 20.5 Å². The van der Waals surface area contributed by atoms with E-state index in [1.807, 2.05) is 47.5 Å². The van der Waals surface area contributed by atoms with E-state index in [9.17, 15) is 9.59 Å². The van der Waals surface area contributed by atoms with Gasteiger partial charge in [-0.3, -0.25) is 9.69 Å². The number of carbonyl (C=O) groups is 2. The number of likely N-dealkylation sites (N-methyl/N-ethyl adjacent to an activating group) is 1. The van der Waals surface area contributed by atoms with Gasteiger partial charge in [0.15, 0.2) is 0 Å². The van der Waals surface area contributed by atoms with Crippen LogP contribution in [0.1, 0.15) is 36.4 Å². The molecule has 0 saturated heterocycles. The molecule has 2 aromatic rings. The number of thiazole rings is 1. The van der Waals surface area contributed by atoms with Crippen LogP contribution in [0.2, 0.25) is 0 Å². The molecule has 0 radical (unpaired) electrons. The van der Waals surface area contributed by atoms with Gasteiger partial charge < -0.3 is 15.7 Å². The topological polar surface area (TPSA) is 94.6 Å². The third kappa shape index (κ3) is 5.05. The first-order valence-electron chi connectivity index (χ1n) is 9.04. The quantitative estimate of drug-likeness (QED) is 0.646. The average molecular weight is 388 g/mol. The first-order chi connectivity index (χ1) is 13.1. The van der Waals surface area contributed by atoms with Crippen LogP contribution in [0.4, 0.5) is 4.79 Å². The first-order valence-corrected chi connectivity index (χ1v) is 9.92. The fourth-order valence-electron chi connectivity index (χ4n) is 3.34. The summed E-state index contributed by atoms with van der Waals surface area (Å²) < 4.78 is 0. The summed E-state index contributed by atoms with van der Waals surface area (Å²) in [7, 11) is 0. The number of urea groups is 1. The van der Waals surface area contributed by atoms with E-state index in [4.69, 9.17) is 5.11 Å². The monoisotopic (exact) mass is 388 g/mol. The number of hydrogen-bond acceptors (Lipinski definition) is 5. The Labute approximate surface area is 162 Å². The molecule has 0 aliphatic heterocycles. The van der Waals surface area contributed by atoms with Crippen molar-refractivity contribution in [2.24, 2.45) is 0 Å². The molecule has 1 aliphatic carbocycles. The molecule has 3 N–H and O–H groups in total. The molecule has 0 spiro atoms. The van der Waals surface area contributed by atoms with Gasteiger partial charge in [0.1, 0.15) is 11.0 Å². The van der Waals surface area contributed by atoms with Crippen LogP contribution < -0.4 is 10.6 Å². The molecule has 1 aromatic heterocycles. The highest BCUT2D eigenvalue weighted by Gasteiger charge is 2.35. The maximum absolute atomic E-state index is 12.5. The summed E-state index contributed by atoms with van der Waals surface area (Å²) in [6.07, 6.45) is 3.26. The lowest BCUT2D eigenvalue weighted by Gasteiger charge is -2.42. The number of carbonyl (C=O) groups excluding carboxylic acids is 1. The maximum Gasteiger partial charge on any atom is 0.317 e. The van der Waals surface area contributed by atoms with E-state index in [0.717, 1.165) is 23.4 Å². The lowest BCUT2D eigenvalue weighted by atomic mass is 9.85. The Kier molecular flexibility index (Phi) is 6.41. The number of amides is 2. The Bertz CT molecular complexity index is 748. The van der Waals surface area contributed by atoms with Gasteiger partial charge in [0.2, 0.25) is 0 Å². The molecule has 3 rings (SSSR count). The zero-order valence-electron chi connectivity index (χ0n) is 15.2. The molecule has 1 saturated carbocycles. The molecular weight excluding hydrogens is 364 g/mol. The molecule has 1 heterocycles. The molecule has 7 nitrogen and oxygen atoms in total. The van der Waals surface area contributed by atoms with Crippen molar-refractivity contribution in [3.8, 4) is 0 Å². The lowest BCUT2D eigenvalue weighted by molar-refractivity contribution is -0.139. The van der Waals surface area contributed by atoms with Gasteiger partial charge in [-0.25, -0.2) is 9.78 Å². The molecule has 8 heteroatoms. The molecule has 144 valence electrons. The molecular formula is C19H24N4O3S. The number of aromatic nitrogens is 1. The predicted molar refractivity (Wildman–Crippen MR) is 104 cm³/mol. The van der Waals surface area contributed by atoms with Crippen LogP contribution in [0, 0.1) is 0 Å². The van der Waals surface area contributed by atoms with E-state index in [2.05, 4.69) is 15.6 Å². The normalized spacial score (nSPS) is 19.9. The van der Waals surface area contributed by atoms with Crippen molar-refractivity contribution in [2.75, 3.05) is 13.1 Å². The Morgan fingerprint density at radius 2 is 2.07 bits per heavy atom. The predicted octanol–water partition coefficient (Wildman–Crippen LogP) is 2.47. The van der Waals surface area contributed by atoms with Gasteiger partial charge in [0.25, 0.3) is 0 Å². The molecule has 1 aromatic carbocycles. The van der Waals surface area contributed by atoms with Crippen LogP contribution in [-0.2, 0) is 4.79 Å². The van der Waals surface area contributed by atoms with E-state index in [0.29, 0.717) is 6.54 Å². The Balaban J connectivity index is 1.55. The Morgan fingerprint density at radius 3 is 2.67 bits per heavy atom. The number of carboxylic acids is 1. The van der Waals surface area contributed by atoms with E-state index in [1.165, 1.54) is 11.3 Å². The second-order valence-corrected chi connectivity index (χ2v) is 7.54. The fraction of sp³-hybridized carbons (Fsp3) is 0.421. The summed E-state index contributed by atoms with van der Waals surface area (Å²) in [4.78, 5) is 29.7. The molecule has 1 fully saturated rings. The van der Waals surface area contributed by atoms with Crippen LogP contribution in [0.3, 0.4) is 0 Å². The van der Waals surface area contributed by atoms with E-state index in [1.54, 1.807) is 6.20 Å². The van der Waals surface area contributed by atoms with E-state index in [-0.39, 0.29) is 30.7 Å². The zero-order chi connectivity index (χ0) is 19.2. The van der Waals surface area contributed by atoms with Gasteiger partial charge in [-0.2, -0.15) is 0 Å². The molecule has 1 aliphatic rings. The zero-order valence-corrected chi connectivity index (χ0v) is 16.0. The number of rotatable bonds is 8. The SMILES string of the molecule is CCN(CC(=O)O)C1CC(NC(=O)NC(c2ccccc2)c2nccs2)C1. The maximum atomic E-state index is 12.5. The minimum Gasteiger partial charge on any atom is -0.480 e. The number of hydrogen-bond donors (Lipinski definition) is 3. The van der Waals surface area contributed by atoms with Crippen molar-refractivity contribution in [1.29, 1.82) is 0 Å². The summed E-state index contributed by atoms with van der Waals surface area (Å²) in [6, 6.07) is 9.50. The molecule has 1 atom stereocenters. The summed E-state index contributed by atoms with van der Waals surface area (Å²) in [6.45, 7) is 2.69. The third-order valence-electron chi connectivity index (χ3n) is 4.82. The third-order valence-corrected chi connectivity index (χ3v) is 5.66. The van der Waals surface area contributed by atoms with Gasteiger partial charge in [0, 0.05) is 23.7 Å². The largest absolute Gasteiger partial charge is 0.480 e. The number of nitrogens with one attached hydrogen (secondary N) is 2. The summed E-state index contributed by atoms with van der Waals surface area (Å²) in [5.41, 5.74) is 0.979. The Hall–Kier alpha value is -2.45. The molecule has 0 bridgehead atoms. The average Bonchev–Trinajstić information content (AvgIpc) is 3.15. The number of aliphatic carboxylic acids is 1. The van der Waals surface area contributed by atoms with Crippen molar-refractivity contribution in [3.63, 3.8) is 0 Å². The Morgan fingerprint density at radius 1 is 1.33 bits per heavy atom. The second kappa shape index (κ2) is 8.96. The summed E-state index contributed by atoms with van der Waals surface area (Å²) >= 11 is 1.50. The van der Waals surface area contributed by atoms with Crippen LogP contribution >= 0.6 is 11.3 Å². The van der Waals surface area contributed by atoms with Crippen molar-refractivity contribution >= 4 is 23.3 Å². The van der Waals surface area contributed by atoms with E-state index >= 15 is 0 Å². The number of benzene rings is 1. The second-order valence-electron chi connectivity index (χ2n) is 6.61. The molecule has 1 unspecified atom stereocenters. The van der Waals surface area contributed by atoms with Crippen molar-refractivity contribution in [2.45, 2.75) is 37.9 Å². The van der Waals surface area contributed by atoms with Gasteiger partial charge in [0.05, 0.1) is 6.54 Å². The minimum atomic E-state index is -0.819. The molecule has 2 amide bonds. The molecule has 27 heavy (non-hydrogen) atoms. The van der Waals surface area contributed by atoms with Crippen LogP contribution in [-0.4, -0.2) is 52.2 Å². The van der Waals surface area contributed by atoms with Gasteiger partial charge >= 0.3 is 12.0 Å². The highest BCUT2D eigenvalue weighted by Crippen LogP contribution is 2.26. The summed E-state index contributed by atoms with van der Waals surface area (Å²) in [5.74, 6) is -0.819. The van der Waals surface area contributed by atoms with Crippen molar-refractivity contribution < 1.29 is 14.7 Å². The van der Waals surface area contributed by atoms with Gasteiger partial charge in [-0.15, -0.1) is 11.3 Å². The first kappa shape index (κ1) is 19.3. The van der Waals surface area contributed by atoms with Crippen LogP contribution in [0.5, 0.6) is 0 Å². The van der Waals surface area contributed by atoms with Crippen LogP contribution in [0.25, 0.3) is 0 Å². The summed E-state index contributed by atoms with van der Waals surface area (Å²) in [5, 5.41) is 17.7. The number of carboxylic acid groups (broad SMARTS) is 1. The lowest BCUT2D eigenvalue weighted by Crippen LogP contribution is -2.56.